The lowest BCUT2D eigenvalue weighted by Gasteiger charge is -2.15. The lowest BCUT2D eigenvalue weighted by Crippen LogP contribution is -2.22. The lowest BCUT2D eigenvalue weighted by atomic mass is 10.2. The summed E-state index contributed by atoms with van der Waals surface area (Å²) in [5.41, 5.74) is 2.01. The van der Waals surface area contributed by atoms with Crippen LogP contribution in [0.4, 0.5) is 0 Å². The van der Waals surface area contributed by atoms with Crippen LogP contribution < -0.4 is 4.74 Å². The van der Waals surface area contributed by atoms with Crippen LogP contribution in [0.25, 0.3) is 10.8 Å². The molecule has 0 aliphatic rings. The van der Waals surface area contributed by atoms with Crippen LogP contribution in [-0.2, 0) is 18.1 Å². The lowest BCUT2D eigenvalue weighted by molar-refractivity contribution is 0.0783. The Hall–Kier alpha value is -1.89. The minimum absolute atomic E-state index is 0.463. The highest BCUT2D eigenvalue weighted by Gasteiger charge is 2.12. The van der Waals surface area contributed by atoms with Crippen molar-refractivity contribution < 1.29 is 9.47 Å². The molecule has 0 radical (unpaired) electrons. The first kappa shape index (κ1) is 19.9. The number of aromatic nitrogens is 3. The number of halogens is 1. The van der Waals surface area contributed by atoms with Gasteiger partial charge in [0.15, 0.2) is 0 Å². The quantitative estimate of drug-likeness (QED) is 0.291. The summed E-state index contributed by atoms with van der Waals surface area (Å²) in [6, 6.07) is 8.90. The second-order valence-electron chi connectivity index (χ2n) is 7.90. The summed E-state index contributed by atoms with van der Waals surface area (Å²) in [7, 11) is -1.06. The number of rotatable bonds is 8. The molecule has 0 amide bonds. The molecule has 0 bridgehead atoms. The van der Waals surface area contributed by atoms with Crippen molar-refractivity contribution in [3.8, 4) is 5.75 Å². The summed E-state index contributed by atoms with van der Waals surface area (Å²) < 4.78 is 13.6. The van der Waals surface area contributed by atoms with Gasteiger partial charge in [0.1, 0.15) is 24.2 Å². The smallest absolute Gasteiger partial charge is 0.139 e. The molecule has 7 heteroatoms. The van der Waals surface area contributed by atoms with E-state index >= 15 is 0 Å². The average molecular weight is 404 g/mol. The fraction of sp³-hybridized carbons (Fsp3) is 0.400. The maximum Gasteiger partial charge on any atom is 0.139 e. The van der Waals surface area contributed by atoms with Gasteiger partial charge in [0, 0.05) is 38.0 Å². The Labute approximate surface area is 166 Å². The van der Waals surface area contributed by atoms with Crippen molar-refractivity contribution in [2.24, 2.45) is 0 Å². The molecule has 144 valence electrons. The summed E-state index contributed by atoms with van der Waals surface area (Å²) in [5.74, 6) is 0.795. The number of pyridine rings is 1. The molecule has 3 rings (SSSR count). The van der Waals surface area contributed by atoms with Crippen molar-refractivity contribution in [1.29, 1.82) is 0 Å². The van der Waals surface area contributed by atoms with Gasteiger partial charge < -0.3 is 9.47 Å². The average Bonchev–Trinajstić information content (AvgIpc) is 2.96. The first-order valence-corrected chi connectivity index (χ1v) is 13.2. The van der Waals surface area contributed by atoms with Crippen LogP contribution in [0.1, 0.15) is 11.3 Å². The largest absolute Gasteiger partial charge is 0.489 e. The predicted molar refractivity (Wildman–Crippen MR) is 112 cm³/mol. The Kier molecular flexibility index (Phi) is 6.19. The highest BCUT2D eigenvalue weighted by Crippen LogP contribution is 2.25. The summed E-state index contributed by atoms with van der Waals surface area (Å²) >= 11 is 6.11. The van der Waals surface area contributed by atoms with Gasteiger partial charge in [0.25, 0.3) is 0 Å². The van der Waals surface area contributed by atoms with Crippen LogP contribution in [0.3, 0.4) is 0 Å². The summed E-state index contributed by atoms with van der Waals surface area (Å²) in [4.78, 5) is 4.09. The molecule has 1 aromatic carbocycles. The molecule has 3 aromatic rings. The standard InChI is InChI=1S/C20H26ClN3O2Si/c1-15-17(12-24(23-15)14-25-9-10-27(2,3)4)13-26-18-5-6-19-16(11-18)7-8-22-20(19)21/h5-8,11-12H,9-10,13-14H2,1-4H3. The minimum Gasteiger partial charge on any atom is -0.489 e. The highest BCUT2D eigenvalue weighted by molar-refractivity contribution is 6.76. The van der Waals surface area contributed by atoms with Crippen LogP contribution >= 0.6 is 11.6 Å². The van der Waals surface area contributed by atoms with Crippen molar-refractivity contribution in [3.63, 3.8) is 0 Å². The number of hydrogen-bond acceptors (Lipinski definition) is 4. The van der Waals surface area contributed by atoms with Crippen LogP contribution in [-0.4, -0.2) is 29.4 Å². The number of hydrogen-bond donors (Lipinski definition) is 0. The summed E-state index contributed by atoms with van der Waals surface area (Å²) in [6.45, 7) is 10.8. The minimum atomic E-state index is -1.06. The van der Waals surface area contributed by atoms with Gasteiger partial charge in [-0.2, -0.15) is 5.10 Å². The molecule has 0 spiro atoms. The van der Waals surface area contributed by atoms with Gasteiger partial charge in [-0.15, -0.1) is 0 Å². The number of benzene rings is 1. The van der Waals surface area contributed by atoms with Crippen LogP contribution in [0, 0.1) is 6.92 Å². The monoisotopic (exact) mass is 403 g/mol. The van der Waals surface area contributed by atoms with Gasteiger partial charge >= 0.3 is 0 Å². The molecular weight excluding hydrogens is 378 g/mol. The third kappa shape index (κ3) is 5.54. The van der Waals surface area contributed by atoms with Crippen LogP contribution in [0.5, 0.6) is 5.75 Å². The number of ether oxygens (including phenoxy) is 2. The molecule has 0 saturated heterocycles. The van der Waals surface area contributed by atoms with Gasteiger partial charge in [-0.3, -0.25) is 0 Å². The summed E-state index contributed by atoms with van der Waals surface area (Å²) in [6.07, 6.45) is 3.69. The molecule has 0 atom stereocenters. The predicted octanol–water partition coefficient (Wildman–Crippen LogP) is 5.28. The van der Waals surface area contributed by atoms with Crippen LogP contribution in [0.2, 0.25) is 30.8 Å². The number of fused-ring (bicyclic) bond motifs is 1. The first-order chi connectivity index (χ1) is 12.8. The molecule has 2 aromatic heterocycles. The van der Waals surface area contributed by atoms with Crippen LogP contribution in [0.15, 0.2) is 36.7 Å². The second kappa shape index (κ2) is 8.42. The Morgan fingerprint density at radius 3 is 2.78 bits per heavy atom. The molecular formula is C20H26ClN3O2Si. The Morgan fingerprint density at radius 1 is 1.19 bits per heavy atom. The topological polar surface area (TPSA) is 49.2 Å². The molecule has 0 aliphatic carbocycles. The maximum atomic E-state index is 6.11. The van der Waals surface area contributed by atoms with Crippen molar-refractivity contribution in [2.45, 2.75) is 45.9 Å². The van der Waals surface area contributed by atoms with Crippen molar-refractivity contribution >= 4 is 30.4 Å². The van der Waals surface area contributed by atoms with E-state index in [2.05, 4.69) is 29.7 Å². The fourth-order valence-corrected chi connectivity index (χ4v) is 3.66. The van der Waals surface area contributed by atoms with E-state index in [9.17, 15) is 0 Å². The van der Waals surface area contributed by atoms with E-state index < -0.39 is 8.07 Å². The highest BCUT2D eigenvalue weighted by atomic mass is 35.5. The molecule has 0 unspecified atom stereocenters. The van der Waals surface area contributed by atoms with E-state index in [1.807, 2.05) is 42.1 Å². The number of nitrogens with zero attached hydrogens (tertiary/aromatic N) is 3. The third-order valence-corrected chi connectivity index (χ3v) is 6.35. The van der Waals surface area contributed by atoms with Gasteiger partial charge in [0.2, 0.25) is 0 Å². The zero-order valence-electron chi connectivity index (χ0n) is 16.3. The third-order valence-electron chi connectivity index (χ3n) is 4.35. The fourth-order valence-electron chi connectivity index (χ4n) is 2.67. The molecule has 5 nitrogen and oxygen atoms in total. The molecule has 0 saturated carbocycles. The van der Waals surface area contributed by atoms with Crippen molar-refractivity contribution in [3.05, 3.63) is 53.1 Å². The zero-order chi connectivity index (χ0) is 19.4. The molecule has 27 heavy (non-hydrogen) atoms. The van der Waals surface area contributed by atoms with Gasteiger partial charge in [-0.05, 0) is 42.6 Å². The number of aryl methyl sites for hydroxylation is 1. The van der Waals surface area contributed by atoms with E-state index in [1.165, 1.54) is 0 Å². The van der Waals surface area contributed by atoms with E-state index in [0.717, 1.165) is 40.4 Å². The zero-order valence-corrected chi connectivity index (χ0v) is 18.1. The van der Waals surface area contributed by atoms with E-state index in [4.69, 9.17) is 21.1 Å². The van der Waals surface area contributed by atoms with E-state index in [-0.39, 0.29) is 0 Å². The van der Waals surface area contributed by atoms with Crippen molar-refractivity contribution in [2.75, 3.05) is 6.61 Å². The van der Waals surface area contributed by atoms with Gasteiger partial charge in [-0.25, -0.2) is 9.67 Å². The molecule has 2 heterocycles. The Morgan fingerprint density at radius 2 is 2.00 bits per heavy atom. The van der Waals surface area contributed by atoms with E-state index in [0.29, 0.717) is 18.5 Å². The second-order valence-corrected chi connectivity index (χ2v) is 13.9. The molecule has 0 aliphatic heterocycles. The van der Waals surface area contributed by atoms with Gasteiger partial charge in [0.05, 0.1) is 5.69 Å². The summed E-state index contributed by atoms with van der Waals surface area (Å²) in [5, 5.41) is 6.95. The Bertz CT molecular complexity index is 921. The molecule has 0 fully saturated rings. The first-order valence-electron chi connectivity index (χ1n) is 9.09. The van der Waals surface area contributed by atoms with E-state index in [1.54, 1.807) is 6.20 Å². The SMILES string of the molecule is Cc1nn(COCC[Si](C)(C)C)cc1COc1ccc2c(Cl)nccc2c1. The Balaban J connectivity index is 1.57. The maximum absolute atomic E-state index is 6.11. The normalized spacial score (nSPS) is 11.9. The molecule has 0 N–H and O–H groups in total. The van der Waals surface area contributed by atoms with Gasteiger partial charge in [-0.1, -0.05) is 31.2 Å². The van der Waals surface area contributed by atoms with Crippen molar-refractivity contribution in [1.82, 2.24) is 14.8 Å².